The first-order chi connectivity index (χ1) is 7.08. The lowest BCUT2D eigenvalue weighted by Crippen LogP contribution is -2.25. The summed E-state index contributed by atoms with van der Waals surface area (Å²) in [5.74, 6) is 0.242. The second-order valence-electron chi connectivity index (χ2n) is 4.04. The van der Waals surface area contributed by atoms with E-state index in [0.29, 0.717) is 11.2 Å². The minimum absolute atomic E-state index is 0.201. The monoisotopic (exact) mass is 245 g/mol. The van der Waals surface area contributed by atoms with Crippen molar-refractivity contribution in [2.24, 2.45) is 5.92 Å². The van der Waals surface area contributed by atoms with Crippen LogP contribution in [0.25, 0.3) is 0 Å². The highest BCUT2D eigenvalue weighted by atomic mass is 35.5. The molecule has 1 atom stereocenters. The Morgan fingerprint density at radius 3 is 2.93 bits per heavy atom. The molecule has 0 spiro atoms. The third-order valence-corrected chi connectivity index (χ3v) is 4.43. The summed E-state index contributed by atoms with van der Waals surface area (Å²) < 4.78 is 13.2. The van der Waals surface area contributed by atoms with Crippen LogP contribution in [0.1, 0.15) is 13.8 Å². The van der Waals surface area contributed by atoms with Crippen LogP contribution in [0.5, 0.6) is 0 Å². The molecule has 4 heteroatoms. The van der Waals surface area contributed by atoms with E-state index in [-0.39, 0.29) is 10.8 Å². The Morgan fingerprint density at radius 1 is 1.53 bits per heavy atom. The molecule has 2 rings (SSSR count). The van der Waals surface area contributed by atoms with Crippen molar-refractivity contribution in [3.63, 3.8) is 0 Å². The predicted molar refractivity (Wildman–Crippen MR) is 64.4 cm³/mol. The van der Waals surface area contributed by atoms with Crippen molar-refractivity contribution in [1.82, 2.24) is 0 Å². The largest absolute Gasteiger partial charge is 0.383 e. The Balaban J connectivity index is 2.30. The van der Waals surface area contributed by atoms with Crippen molar-refractivity contribution in [1.29, 1.82) is 0 Å². The van der Waals surface area contributed by atoms with Crippen molar-refractivity contribution in [2.75, 3.05) is 11.9 Å². The van der Waals surface area contributed by atoms with E-state index < -0.39 is 0 Å². The van der Waals surface area contributed by atoms with Crippen LogP contribution in [0.3, 0.4) is 0 Å². The molecule has 1 aromatic carbocycles. The van der Waals surface area contributed by atoms with Gasteiger partial charge in [0.05, 0.1) is 10.7 Å². The SMILES string of the molecule is CC(C)C1CNc2cc(F)c(Cl)cc2S1. The van der Waals surface area contributed by atoms with E-state index in [4.69, 9.17) is 11.6 Å². The van der Waals surface area contributed by atoms with Crippen molar-refractivity contribution in [3.8, 4) is 0 Å². The zero-order valence-corrected chi connectivity index (χ0v) is 10.3. The van der Waals surface area contributed by atoms with Gasteiger partial charge in [-0.3, -0.25) is 0 Å². The highest BCUT2D eigenvalue weighted by molar-refractivity contribution is 8.00. The van der Waals surface area contributed by atoms with Gasteiger partial charge < -0.3 is 5.32 Å². The van der Waals surface area contributed by atoms with Crippen LogP contribution in [-0.2, 0) is 0 Å². The van der Waals surface area contributed by atoms with Crippen LogP contribution in [0.15, 0.2) is 17.0 Å². The molecule has 1 nitrogen and oxygen atoms in total. The number of halogens is 2. The number of fused-ring (bicyclic) bond motifs is 1. The van der Waals surface area contributed by atoms with Gasteiger partial charge in [-0.2, -0.15) is 0 Å². The van der Waals surface area contributed by atoms with Crippen molar-refractivity contribution in [3.05, 3.63) is 23.0 Å². The van der Waals surface area contributed by atoms with Gasteiger partial charge in [-0.1, -0.05) is 25.4 Å². The Hall–Kier alpha value is -0.410. The number of rotatable bonds is 1. The molecule has 0 aliphatic carbocycles. The Kier molecular flexibility index (Phi) is 3.12. The van der Waals surface area contributed by atoms with Gasteiger partial charge in [0.1, 0.15) is 5.82 Å². The smallest absolute Gasteiger partial charge is 0.143 e. The molecule has 1 unspecified atom stereocenters. The molecule has 0 saturated heterocycles. The van der Waals surface area contributed by atoms with E-state index in [9.17, 15) is 4.39 Å². The lowest BCUT2D eigenvalue weighted by molar-refractivity contribution is 0.614. The quantitative estimate of drug-likeness (QED) is 0.802. The number of nitrogens with one attached hydrogen (secondary N) is 1. The number of hydrogen-bond acceptors (Lipinski definition) is 2. The fourth-order valence-corrected chi connectivity index (χ4v) is 2.99. The lowest BCUT2D eigenvalue weighted by Gasteiger charge is -2.28. The average molecular weight is 246 g/mol. The summed E-state index contributed by atoms with van der Waals surface area (Å²) in [6.45, 7) is 5.27. The maximum absolute atomic E-state index is 13.2. The summed E-state index contributed by atoms with van der Waals surface area (Å²) in [6.07, 6.45) is 0. The third-order valence-electron chi connectivity index (χ3n) is 2.54. The summed E-state index contributed by atoms with van der Waals surface area (Å²) in [7, 11) is 0. The Morgan fingerprint density at radius 2 is 2.27 bits per heavy atom. The highest BCUT2D eigenvalue weighted by Gasteiger charge is 2.22. The fourth-order valence-electron chi connectivity index (χ4n) is 1.55. The molecular weight excluding hydrogens is 233 g/mol. The van der Waals surface area contributed by atoms with Gasteiger partial charge in [-0.05, 0) is 18.1 Å². The zero-order valence-electron chi connectivity index (χ0n) is 8.68. The van der Waals surface area contributed by atoms with Gasteiger partial charge >= 0.3 is 0 Å². The molecule has 15 heavy (non-hydrogen) atoms. The molecule has 0 aromatic heterocycles. The lowest BCUT2D eigenvalue weighted by atomic mass is 10.1. The number of thioether (sulfide) groups is 1. The van der Waals surface area contributed by atoms with Crippen LogP contribution < -0.4 is 5.32 Å². The second-order valence-corrected chi connectivity index (χ2v) is 5.73. The molecule has 1 aliphatic heterocycles. The van der Waals surface area contributed by atoms with Crippen LogP contribution in [0.4, 0.5) is 10.1 Å². The summed E-state index contributed by atoms with van der Waals surface area (Å²) >= 11 is 7.53. The predicted octanol–water partition coefficient (Wildman–Crippen LogP) is 4.02. The van der Waals surface area contributed by atoms with Crippen molar-refractivity contribution >= 4 is 29.1 Å². The van der Waals surface area contributed by atoms with Gasteiger partial charge in [0, 0.05) is 16.7 Å². The van der Waals surface area contributed by atoms with Crippen LogP contribution >= 0.6 is 23.4 Å². The van der Waals surface area contributed by atoms with Gasteiger partial charge in [0.25, 0.3) is 0 Å². The Bertz CT molecular complexity index is 381. The normalized spacial score (nSPS) is 19.9. The molecule has 0 amide bonds. The van der Waals surface area contributed by atoms with Gasteiger partial charge in [-0.15, -0.1) is 11.8 Å². The molecule has 0 saturated carbocycles. The van der Waals surface area contributed by atoms with E-state index in [1.54, 1.807) is 17.8 Å². The van der Waals surface area contributed by atoms with E-state index >= 15 is 0 Å². The topological polar surface area (TPSA) is 12.0 Å². The summed E-state index contributed by atoms with van der Waals surface area (Å²) in [4.78, 5) is 1.05. The highest BCUT2D eigenvalue weighted by Crippen LogP contribution is 2.39. The van der Waals surface area contributed by atoms with E-state index in [1.807, 2.05) is 0 Å². The third kappa shape index (κ3) is 2.23. The molecule has 1 heterocycles. The van der Waals surface area contributed by atoms with E-state index in [2.05, 4.69) is 19.2 Å². The van der Waals surface area contributed by atoms with Crippen molar-refractivity contribution in [2.45, 2.75) is 24.0 Å². The first-order valence-electron chi connectivity index (χ1n) is 4.97. The summed E-state index contributed by atoms with van der Waals surface area (Å²) in [6, 6.07) is 3.18. The average Bonchev–Trinajstić information content (AvgIpc) is 2.19. The Labute approximate surface area is 98.4 Å². The maximum atomic E-state index is 13.2. The van der Waals surface area contributed by atoms with Gasteiger partial charge in [0.15, 0.2) is 0 Å². The van der Waals surface area contributed by atoms with Crippen LogP contribution in [0.2, 0.25) is 5.02 Å². The zero-order chi connectivity index (χ0) is 11.0. The minimum atomic E-state index is -0.355. The van der Waals surface area contributed by atoms with Crippen LogP contribution in [0, 0.1) is 11.7 Å². The molecule has 0 radical (unpaired) electrons. The number of hydrogen-bond donors (Lipinski definition) is 1. The molecule has 1 aliphatic rings. The standard InChI is InChI=1S/C11H13ClFNS/c1-6(2)11-5-14-9-4-8(13)7(12)3-10(9)15-11/h3-4,6,11,14H,5H2,1-2H3. The number of anilines is 1. The first-order valence-corrected chi connectivity index (χ1v) is 6.23. The van der Waals surface area contributed by atoms with E-state index in [0.717, 1.165) is 17.1 Å². The van der Waals surface area contributed by atoms with Crippen LogP contribution in [-0.4, -0.2) is 11.8 Å². The first kappa shape index (κ1) is 11.1. The molecule has 1 aromatic rings. The molecule has 0 bridgehead atoms. The molecule has 1 N–H and O–H groups in total. The second kappa shape index (κ2) is 4.22. The minimum Gasteiger partial charge on any atom is -0.383 e. The summed E-state index contributed by atoms with van der Waals surface area (Å²) in [5.41, 5.74) is 0.860. The van der Waals surface area contributed by atoms with Crippen molar-refractivity contribution < 1.29 is 4.39 Å². The molecule has 82 valence electrons. The fraction of sp³-hybridized carbons (Fsp3) is 0.455. The van der Waals surface area contributed by atoms with E-state index in [1.165, 1.54) is 6.07 Å². The molecular formula is C11H13ClFNS. The molecule has 0 fully saturated rings. The summed E-state index contributed by atoms with van der Waals surface area (Å²) in [5, 5.41) is 3.97. The maximum Gasteiger partial charge on any atom is 0.143 e. The van der Waals surface area contributed by atoms with Gasteiger partial charge in [0.2, 0.25) is 0 Å². The number of benzene rings is 1. The van der Waals surface area contributed by atoms with Gasteiger partial charge in [-0.25, -0.2) is 4.39 Å².